The minimum absolute atomic E-state index is 0.208. The van der Waals surface area contributed by atoms with E-state index in [4.69, 9.17) is 4.42 Å². The number of allylic oxidation sites excluding steroid dienone is 4. The molecule has 1 atom stereocenters. The van der Waals surface area contributed by atoms with Gasteiger partial charge in [0, 0.05) is 17.4 Å². The second-order valence-electron chi connectivity index (χ2n) is 5.46. The first-order chi connectivity index (χ1) is 7.60. The Morgan fingerprint density at radius 3 is 2.94 bits per heavy atom. The van der Waals surface area contributed by atoms with Gasteiger partial charge < -0.3 is 4.42 Å². The monoisotopic (exact) mass is 214 g/mol. The van der Waals surface area contributed by atoms with Crippen molar-refractivity contribution in [1.82, 2.24) is 0 Å². The van der Waals surface area contributed by atoms with Gasteiger partial charge in [-0.1, -0.05) is 30.2 Å². The molecule has 1 heterocycles. The number of hydrogen-bond donors (Lipinski definition) is 0. The van der Waals surface area contributed by atoms with E-state index in [0.717, 1.165) is 19.3 Å². The van der Waals surface area contributed by atoms with Crippen LogP contribution in [0, 0.1) is 12.3 Å². The van der Waals surface area contributed by atoms with Crippen molar-refractivity contribution in [1.29, 1.82) is 0 Å². The molecule has 0 fully saturated rings. The average molecular weight is 214 g/mol. The molecular formula is C15H18O. The average Bonchev–Trinajstić information content (AvgIpc) is 2.57. The largest absolute Gasteiger partial charge is 0.469 e. The summed E-state index contributed by atoms with van der Waals surface area (Å²) in [4.78, 5) is 0. The third kappa shape index (κ3) is 1.24. The summed E-state index contributed by atoms with van der Waals surface area (Å²) in [6.07, 6.45) is 9.82. The van der Waals surface area contributed by atoms with E-state index in [0.29, 0.717) is 0 Å². The molecule has 1 aromatic rings. The maximum atomic E-state index is 5.68. The van der Waals surface area contributed by atoms with Crippen molar-refractivity contribution in [3.63, 3.8) is 0 Å². The number of hydrogen-bond acceptors (Lipinski definition) is 1. The SMILES string of the molecule is CC1=C2Cc3c(C)coc3CC2(C)C=CC1. The second kappa shape index (κ2) is 3.13. The molecule has 3 rings (SSSR count). The van der Waals surface area contributed by atoms with Gasteiger partial charge in [0.15, 0.2) is 0 Å². The molecule has 1 heteroatoms. The first-order valence-corrected chi connectivity index (χ1v) is 6.03. The summed E-state index contributed by atoms with van der Waals surface area (Å²) in [6.45, 7) is 6.76. The van der Waals surface area contributed by atoms with Crippen LogP contribution in [-0.4, -0.2) is 0 Å². The van der Waals surface area contributed by atoms with Crippen molar-refractivity contribution >= 4 is 0 Å². The maximum Gasteiger partial charge on any atom is 0.108 e. The van der Waals surface area contributed by atoms with E-state index >= 15 is 0 Å². The van der Waals surface area contributed by atoms with E-state index in [1.165, 1.54) is 16.9 Å². The maximum absolute atomic E-state index is 5.68. The van der Waals surface area contributed by atoms with Crippen molar-refractivity contribution in [3.05, 3.63) is 46.4 Å². The number of aryl methyl sites for hydroxylation is 1. The fraction of sp³-hybridized carbons (Fsp3) is 0.467. The highest BCUT2D eigenvalue weighted by molar-refractivity contribution is 5.44. The zero-order valence-electron chi connectivity index (χ0n) is 10.3. The molecule has 2 aliphatic rings. The minimum atomic E-state index is 0.208. The van der Waals surface area contributed by atoms with Crippen LogP contribution in [0.1, 0.15) is 37.2 Å². The van der Waals surface area contributed by atoms with Crippen LogP contribution in [0.15, 0.2) is 34.0 Å². The molecule has 0 bridgehead atoms. The molecule has 0 spiro atoms. The Labute approximate surface area is 96.8 Å². The lowest BCUT2D eigenvalue weighted by Crippen LogP contribution is -2.28. The number of furan rings is 1. The van der Waals surface area contributed by atoms with Gasteiger partial charge >= 0.3 is 0 Å². The van der Waals surface area contributed by atoms with Gasteiger partial charge in [-0.05, 0) is 32.3 Å². The lowest BCUT2D eigenvalue weighted by atomic mass is 9.67. The van der Waals surface area contributed by atoms with Gasteiger partial charge in [0.1, 0.15) is 5.76 Å². The molecule has 0 radical (unpaired) electrons. The van der Waals surface area contributed by atoms with Crippen LogP contribution in [0.2, 0.25) is 0 Å². The molecule has 1 aromatic heterocycles. The molecule has 0 amide bonds. The normalized spacial score (nSPS) is 27.9. The molecule has 2 aliphatic carbocycles. The molecular weight excluding hydrogens is 196 g/mol. The summed E-state index contributed by atoms with van der Waals surface area (Å²) >= 11 is 0. The van der Waals surface area contributed by atoms with Crippen molar-refractivity contribution in [2.45, 2.75) is 40.0 Å². The molecule has 1 unspecified atom stereocenters. The summed E-state index contributed by atoms with van der Waals surface area (Å²) in [5.74, 6) is 1.20. The molecule has 16 heavy (non-hydrogen) atoms. The Kier molecular flexibility index (Phi) is 1.95. The zero-order valence-corrected chi connectivity index (χ0v) is 10.3. The van der Waals surface area contributed by atoms with Crippen molar-refractivity contribution in [3.8, 4) is 0 Å². The van der Waals surface area contributed by atoms with E-state index < -0.39 is 0 Å². The highest BCUT2D eigenvalue weighted by Gasteiger charge is 2.36. The van der Waals surface area contributed by atoms with Gasteiger partial charge in [0.05, 0.1) is 6.26 Å². The summed E-state index contributed by atoms with van der Waals surface area (Å²) in [5.41, 5.74) is 6.12. The second-order valence-corrected chi connectivity index (χ2v) is 5.46. The van der Waals surface area contributed by atoms with Gasteiger partial charge in [-0.3, -0.25) is 0 Å². The Bertz CT molecular complexity index is 502. The van der Waals surface area contributed by atoms with Crippen LogP contribution in [0.5, 0.6) is 0 Å². The Morgan fingerprint density at radius 1 is 1.31 bits per heavy atom. The zero-order chi connectivity index (χ0) is 11.3. The van der Waals surface area contributed by atoms with Crippen LogP contribution in [0.4, 0.5) is 0 Å². The topological polar surface area (TPSA) is 13.1 Å². The number of rotatable bonds is 0. The first kappa shape index (κ1) is 9.95. The lowest BCUT2D eigenvalue weighted by Gasteiger charge is -2.37. The molecule has 0 N–H and O–H groups in total. The summed E-state index contributed by atoms with van der Waals surface area (Å²) in [5, 5.41) is 0. The van der Waals surface area contributed by atoms with Gasteiger partial charge in [0.2, 0.25) is 0 Å². The fourth-order valence-electron chi connectivity index (χ4n) is 3.14. The Morgan fingerprint density at radius 2 is 2.12 bits per heavy atom. The van der Waals surface area contributed by atoms with Crippen LogP contribution in [-0.2, 0) is 12.8 Å². The highest BCUT2D eigenvalue weighted by Crippen LogP contribution is 2.46. The smallest absolute Gasteiger partial charge is 0.108 e. The van der Waals surface area contributed by atoms with Crippen LogP contribution >= 0.6 is 0 Å². The quantitative estimate of drug-likeness (QED) is 0.596. The van der Waals surface area contributed by atoms with E-state index in [2.05, 4.69) is 32.9 Å². The summed E-state index contributed by atoms with van der Waals surface area (Å²) in [7, 11) is 0. The van der Waals surface area contributed by atoms with Crippen LogP contribution in [0.25, 0.3) is 0 Å². The van der Waals surface area contributed by atoms with Gasteiger partial charge in [-0.15, -0.1) is 0 Å². The molecule has 84 valence electrons. The van der Waals surface area contributed by atoms with Crippen LogP contribution in [0.3, 0.4) is 0 Å². The third-order valence-corrected chi connectivity index (χ3v) is 4.19. The first-order valence-electron chi connectivity index (χ1n) is 6.03. The van der Waals surface area contributed by atoms with Gasteiger partial charge in [-0.25, -0.2) is 0 Å². The van der Waals surface area contributed by atoms with Crippen molar-refractivity contribution < 1.29 is 4.42 Å². The Hall–Kier alpha value is -1.24. The summed E-state index contributed by atoms with van der Waals surface area (Å²) < 4.78 is 5.68. The van der Waals surface area contributed by atoms with E-state index in [1.807, 2.05) is 6.26 Å². The third-order valence-electron chi connectivity index (χ3n) is 4.19. The van der Waals surface area contributed by atoms with Gasteiger partial charge in [0.25, 0.3) is 0 Å². The molecule has 0 aromatic carbocycles. The van der Waals surface area contributed by atoms with Crippen molar-refractivity contribution in [2.24, 2.45) is 5.41 Å². The van der Waals surface area contributed by atoms with Crippen LogP contribution < -0.4 is 0 Å². The standard InChI is InChI=1S/C15H18O/c1-10-5-4-6-15(3)8-14-12(7-13(10)15)11(2)9-16-14/h4,6,9H,5,7-8H2,1-3H3. The van der Waals surface area contributed by atoms with Crippen molar-refractivity contribution in [2.75, 3.05) is 0 Å². The molecule has 0 saturated carbocycles. The fourth-order valence-corrected chi connectivity index (χ4v) is 3.14. The summed E-state index contributed by atoms with van der Waals surface area (Å²) in [6, 6.07) is 0. The van der Waals surface area contributed by atoms with E-state index in [-0.39, 0.29) is 5.41 Å². The van der Waals surface area contributed by atoms with Gasteiger partial charge in [-0.2, -0.15) is 0 Å². The molecule has 0 aliphatic heterocycles. The predicted molar refractivity (Wildman–Crippen MR) is 65.4 cm³/mol. The van der Waals surface area contributed by atoms with E-state index in [9.17, 15) is 0 Å². The Balaban J connectivity index is 2.15. The van der Waals surface area contributed by atoms with E-state index in [1.54, 1.807) is 11.1 Å². The minimum Gasteiger partial charge on any atom is -0.469 e. The molecule has 0 saturated heterocycles. The predicted octanol–water partition coefficient (Wildman–Crippen LogP) is 3.97. The lowest BCUT2D eigenvalue weighted by molar-refractivity contribution is 0.391. The number of fused-ring (bicyclic) bond motifs is 2. The molecule has 1 nitrogen and oxygen atoms in total. The highest BCUT2D eigenvalue weighted by atomic mass is 16.3.